The summed E-state index contributed by atoms with van der Waals surface area (Å²) in [6.45, 7) is 2.29. The zero-order chi connectivity index (χ0) is 13.7. The number of nitrogen functional groups attached to an aromatic ring is 1. The summed E-state index contributed by atoms with van der Waals surface area (Å²) in [7, 11) is 0. The number of amides is 1. The van der Waals surface area contributed by atoms with E-state index in [0.717, 1.165) is 11.3 Å². The fourth-order valence-electron chi connectivity index (χ4n) is 1.59. The molecule has 0 fully saturated rings. The van der Waals surface area contributed by atoms with Gasteiger partial charge in [-0.1, -0.05) is 12.1 Å². The molecule has 0 saturated carbocycles. The zero-order valence-corrected chi connectivity index (χ0v) is 10.6. The van der Waals surface area contributed by atoms with E-state index in [0.29, 0.717) is 17.9 Å². The number of carbonyl (C=O) groups is 1. The lowest BCUT2D eigenvalue weighted by Gasteiger charge is -2.07. The number of nitrogens with one attached hydrogen (secondary N) is 1. The Morgan fingerprint density at radius 1 is 1.37 bits per heavy atom. The fourth-order valence-corrected chi connectivity index (χ4v) is 1.59. The number of carbonyl (C=O) groups excluding carboxylic acids is 1. The topological polar surface area (TPSA) is 77.2 Å². The molecule has 1 amide bonds. The normalized spacial score (nSPS) is 10.0. The van der Waals surface area contributed by atoms with E-state index in [-0.39, 0.29) is 5.91 Å². The number of aromatic nitrogens is 1. The van der Waals surface area contributed by atoms with Gasteiger partial charge in [0, 0.05) is 11.3 Å². The van der Waals surface area contributed by atoms with Crippen LogP contribution in [0, 0.1) is 6.92 Å². The highest BCUT2D eigenvalue weighted by Crippen LogP contribution is 2.12. The number of hydrogen-bond donors (Lipinski definition) is 2. The van der Waals surface area contributed by atoms with Crippen LogP contribution in [0.2, 0.25) is 0 Å². The van der Waals surface area contributed by atoms with Gasteiger partial charge in [0.15, 0.2) is 0 Å². The van der Waals surface area contributed by atoms with Gasteiger partial charge in [-0.3, -0.25) is 15.2 Å². The maximum Gasteiger partial charge on any atom is 0.265 e. The third kappa shape index (κ3) is 3.53. The predicted molar refractivity (Wildman–Crippen MR) is 71.4 cm³/mol. The number of hydrogen-bond acceptors (Lipinski definition) is 4. The molecule has 0 unspecified atom stereocenters. The summed E-state index contributed by atoms with van der Waals surface area (Å²) in [6, 6.07) is 10.8. The summed E-state index contributed by atoms with van der Waals surface area (Å²) in [5.74, 6) is 5.47. The summed E-state index contributed by atoms with van der Waals surface area (Å²) in [5.41, 5.74) is 4.43. The molecule has 0 aliphatic carbocycles. The van der Waals surface area contributed by atoms with E-state index in [2.05, 4.69) is 10.4 Å². The van der Waals surface area contributed by atoms with Gasteiger partial charge in [0.2, 0.25) is 0 Å². The smallest absolute Gasteiger partial charge is 0.265 e. The molecule has 3 N–H and O–H groups in total. The Kier molecular flexibility index (Phi) is 4.10. The molecule has 1 aromatic carbocycles. The molecule has 0 spiro atoms. The minimum Gasteiger partial charge on any atom is -0.487 e. The molecule has 1 aromatic heterocycles. The van der Waals surface area contributed by atoms with Crippen LogP contribution in [0.15, 0.2) is 42.6 Å². The monoisotopic (exact) mass is 257 g/mol. The Hall–Kier alpha value is -2.40. The van der Waals surface area contributed by atoms with Crippen LogP contribution in [-0.4, -0.2) is 10.9 Å². The minimum atomic E-state index is -0.321. The number of rotatable bonds is 4. The highest BCUT2D eigenvalue weighted by atomic mass is 16.5. The van der Waals surface area contributed by atoms with E-state index in [1.807, 2.05) is 25.1 Å². The van der Waals surface area contributed by atoms with E-state index in [4.69, 9.17) is 10.6 Å². The molecule has 0 radical (unpaired) electrons. The van der Waals surface area contributed by atoms with Crippen LogP contribution in [0.25, 0.3) is 0 Å². The van der Waals surface area contributed by atoms with Gasteiger partial charge in [-0.25, -0.2) is 5.84 Å². The molecule has 2 rings (SSSR count). The average Bonchev–Trinajstić information content (AvgIpc) is 2.46. The van der Waals surface area contributed by atoms with Crippen molar-refractivity contribution < 1.29 is 9.53 Å². The van der Waals surface area contributed by atoms with Gasteiger partial charge < -0.3 is 4.74 Å². The van der Waals surface area contributed by atoms with Crippen LogP contribution in [0.5, 0.6) is 5.75 Å². The molecule has 2 aromatic rings. The number of hydrazine groups is 1. The summed E-state index contributed by atoms with van der Waals surface area (Å²) in [4.78, 5) is 15.5. The molecular weight excluding hydrogens is 242 g/mol. The van der Waals surface area contributed by atoms with Crippen LogP contribution in [0.4, 0.5) is 0 Å². The quantitative estimate of drug-likeness (QED) is 0.495. The molecule has 5 nitrogen and oxygen atoms in total. The maximum absolute atomic E-state index is 11.4. The Morgan fingerprint density at radius 3 is 2.89 bits per heavy atom. The number of ether oxygens (including phenoxy) is 1. The van der Waals surface area contributed by atoms with Crippen LogP contribution in [-0.2, 0) is 6.61 Å². The van der Waals surface area contributed by atoms with Crippen LogP contribution < -0.4 is 16.0 Å². The molecule has 19 heavy (non-hydrogen) atoms. The van der Waals surface area contributed by atoms with Crippen molar-refractivity contribution in [3.63, 3.8) is 0 Å². The molecule has 0 bridgehead atoms. The van der Waals surface area contributed by atoms with Crippen LogP contribution in [0.1, 0.15) is 21.6 Å². The Bertz CT molecular complexity index is 567. The van der Waals surface area contributed by atoms with Crippen molar-refractivity contribution in [3.05, 3.63) is 59.4 Å². The third-order valence-electron chi connectivity index (χ3n) is 2.61. The minimum absolute atomic E-state index is 0.321. The Morgan fingerprint density at radius 2 is 2.21 bits per heavy atom. The largest absolute Gasteiger partial charge is 0.487 e. The van der Waals surface area contributed by atoms with Crippen molar-refractivity contribution in [3.8, 4) is 5.75 Å². The predicted octanol–water partition coefficient (Wildman–Crippen LogP) is 1.57. The molecule has 5 heteroatoms. The molecule has 0 aliphatic rings. The van der Waals surface area contributed by atoms with Crippen molar-refractivity contribution in [1.29, 1.82) is 0 Å². The maximum atomic E-state index is 11.4. The molecule has 0 saturated heterocycles. The van der Waals surface area contributed by atoms with Gasteiger partial charge in [0.1, 0.15) is 12.4 Å². The molecule has 0 aliphatic heterocycles. The van der Waals surface area contributed by atoms with Gasteiger partial charge in [-0.05, 0) is 36.8 Å². The summed E-state index contributed by atoms with van der Waals surface area (Å²) in [6.07, 6.45) is 1.67. The Labute approximate surface area is 111 Å². The number of nitrogens with two attached hydrogens (primary N) is 1. The van der Waals surface area contributed by atoms with Crippen molar-refractivity contribution in [1.82, 2.24) is 10.4 Å². The molecule has 0 atom stereocenters. The van der Waals surface area contributed by atoms with Crippen LogP contribution >= 0.6 is 0 Å². The molecule has 98 valence electrons. The lowest BCUT2D eigenvalue weighted by Crippen LogP contribution is -2.30. The van der Waals surface area contributed by atoms with E-state index >= 15 is 0 Å². The van der Waals surface area contributed by atoms with Crippen molar-refractivity contribution in [2.24, 2.45) is 5.84 Å². The lowest BCUT2D eigenvalue weighted by molar-refractivity contribution is 0.0953. The van der Waals surface area contributed by atoms with Gasteiger partial charge in [-0.2, -0.15) is 0 Å². The summed E-state index contributed by atoms with van der Waals surface area (Å²) < 4.78 is 5.59. The first kappa shape index (κ1) is 13.0. The van der Waals surface area contributed by atoms with E-state index in [1.165, 1.54) is 0 Å². The highest BCUT2D eigenvalue weighted by molar-refractivity contribution is 5.93. The van der Waals surface area contributed by atoms with E-state index < -0.39 is 0 Å². The third-order valence-corrected chi connectivity index (χ3v) is 2.61. The Balaban J connectivity index is 2.03. The van der Waals surface area contributed by atoms with Crippen LogP contribution in [0.3, 0.4) is 0 Å². The summed E-state index contributed by atoms with van der Waals surface area (Å²) in [5, 5.41) is 0. The first-order chi connectivity index (χ1) is 9.19. The summed E-state index contributed by atoms with van der Waals surface area (Å²) >= 11 is 0. The second kappa shape index (κ2) is 5.97. The van der Waals surface area contributed by atoms with E-state index in [1.54, 1.807) is 24.4 Å². The van der Waals surface area contributed by atoms with Gasteiger partial charge >= 0.3 is 0 Å². The number of benzene rings is 1. The number of nitrogens with zero attached hydrogens (tertiary/aromatic N) is 1. The standard InChI is InChI=1S/C14H15N3O2/c1-10-5-6-13(8-16-10)19-9-11-3-2-4-12(7-11)14(18)17-15/h2-8H,9,15H2,1H3,(H,17,18). The zero-order valence-electron chi connectivity index (χ0n) is 10.6. The SMILES string of the molecule is Cc1ccc(OCc2cccc(C(=O)NN)c2)cn1. The second-order valence-corrected chi connectivity index (χ2v) is 4.10. The first-order valence-electron chi connectivity index (χ1n) is 5.84. The van der Waals surface area contributed by atoms with Gasteiger partial charge in [-0.15, -0.1) is 0 Å². The molecule has 1 heterocycles. The van der Waals surface area contributed by atoms with Gasteiger partial charge in [0.05, 0.1) is 6.20 Å². The number of aryl methyl sites for hydroxylation is 1. The van der Waals surface area contributed by atoms with E-state index in [9.17, 15) is 4.79 Å². The van der Waals surface area contributed by atoms with Gasteiger partial charge in [0.25, 0.3) is 5.91 Å². The highest BCUT2D eigenvalue weighted by Gasteiger charge is 2.04. The first-order valence-corrected chi connectivity index (χ1v) is 5.84. The average molecular weight is 257 g/mol. The van der Waals surface area contributed by atoms with Crippen molar-refractivity contribution >= 4 is 5.91 Å². The lowest BCUT2D eigenvalue weighted by atomic mass is 10.1. The number of pyridine rings is 1. The van der Waals surface area contributed by atoms with Crippen molar-refractivity contribution in [2.45, 2.75) is 13.5 Å². The van der Waals surface area contributed by atoms with Crippen molar-refractivity contribution in [2.75, 3.05) is 0 Å². The fraction of sp³-hybridized carbons (Fsp3) is 0.143. The second-order valence-electron chi connectivity index (χ2n) is 4.10. The molecular formula is C14H15N3O2.